The Labute approximate surface area is 165 Å². The second-order valence-corrected chi connectivity index (χ2v) is 7.83. The molecule has 2 N–H and O–H groups in total. The predicted molar refractivity (Wildman–Crippen MR) is 109 cm³/mol. The molecule has 0 aliphatic carbocycles. The van der Waals surface area contributed by atoms with Crippen molar-refractivity contribution in [2.24, 2.45) is 13.0 Å². The highest BCUT2D eigenvalue weighted by atomic mass is 16.5. The molecule has 0 radical (unpaired) electrons. The number of carbonyl (C=O) groups is 2. The topological polar surface area (TPSA) is 85.2 Å². The van der Waals surface area contributed by atoms with Gasteiger partial charge in [-0.05, 0) is 43.4 Å². The number of aryl methyl sites for hydroxylation is 2. The average molecular weight is 386 g/mol. The lowest BCUT2D eigenvalue weighted by Crippen LogP contribution is -2.34. The first kappa shape index (κ1) is 20.3. The maximum Gasteiger partial charge on any atom is 0.249 e. The van der Waals surface area contributed by atoms with E-state index >= 15 is 0 Å². The fourth-order valence-electron chi connectivity index (χ4n) is 3.49. The molecule has 0 saturated carbocycles. The summed E-state index contributed by atoms with van der Waals surface area (Å²) in [5.41, 5.74) is 2.66. The molecule has 1 aromatic heterocycles. The summed E-state index contributed by atoms with van der Waals surface area (Å²) < 4.78 is 7.46. The Bertz CT molecular complexity index is 838. The third kappa shape index (κ3) is 5.10. The van der Waals surface area contributed by atoms with Crippen LogP contribution >= 0.6 is 0 Å². The van der Waals surface area contributed by atoms with Gasteiger partial charge in [0.05, 0.1) is 11.0 Å². The molecule has 1 unspecified atom stereocenters. The summed E-state index contributed by atoms with van der Waals surface area (Å²) >= 11 is 0. The van der Waals surface area contributed by atoms with Gasteiger partial charge in [0, 0.05) is 38.7 Å². The minimum atomic E-state index is -0.278. The Morgan fingerprint density at radius 2 is 2.18 bits per heavy atom. The molecule has 0 spiro atoms. The molecule has 152 valence electrons. The number of carbonyl (C=O) groups excluding carboxylic acids is 2. The molecule has 28 heavy (non-hydrogen) atoms. The standard InChI is InChI=1S/C21H30N4O3/c1-14(2)12-20(26)23-15-8-9-17-16(13-15)24-19(25(17)3)7-4-10-22-21(27)18-6-5-11-28-18/h8-9,13-14,18H,4-7,10-12H2,1-3H3,(H,22,27)(H,23,26). The second kappa shape index (κ2) is 9.19. The fourth-order valence-corrected chi connectivity index (χ4v) is 3.49. The van der Waals surface area contributed by atoms with Gasteiger partial charge in [0.1, 0.15) is 11.9 Å². The molecule has 3 rings (SSSR count). The molecule has 1 fully saturated rings. The van der Waals surface area contributed by atoms with Crippen LogP contribution < -0.4 is 10.6 Å². The van der Waals surface area contributed by atoms with E-state index < -0.39 is 0 Å². The highest BCUT2D eigenvalue weighted by Gasteiger charge is 2.22. The highest BCUT2D eigenvalue weighted by Crippen LogP contribution is 2.21. The third-order valence-electron chi connectivity index (χ3n) is 4.95. The number of imidazole rings is 1. The van der Waals surface area contributed by atoms with Gasteiger partial charge >= 0.3 is 0 Å². The van der Waals surface area contributed by atoms with Gasteiger partial charge in [-0.1, -0.05) is 13.8 Å². The van der Waals surface area contributed by atoms with Crippen molar-refractivity contribution in [2.75, 3.05) is 18.5 Å². The van der Waals surface area contributed by atoms with Gasteiger partial charge in [-0.2, -0.15) is 0 Å². The quantitative estimate of drug-likeness (QED) is 0.683. The largest absolute Gasteiger partial charge is 0.368 e. The molecular formula is C21H30N4O3. The van der Waals surface area contributed by atoms with E-state index in [0.717, 1.165) is 48.2 Å². The Balaban J connectivity index is 1.55. The number of hydrogen-bond acceptors (Lipinski definition) is 4. The molecule has 1 saturated heterocycles. The lowest BCUT2D eigenvalue weighted by atomic mass is 10.1. The SMILES string of the molecule is CC(C)CC(=O)Nc1ccc2c(c1)nc(CCCNC(=O)C1CCCO1)n2C. The van der Waals surface area contributed by atoms with Crippen LogP contribution in [0.3, 0.4) is 0 Å². The number of anilines is 1. The van der Waals surface area contributed by atoms with Crippen LogP contribution in [0.5, 0.6) is 0 Å². The van der Waals surface area contributed by atoms with E-state index in [1.165, 1.54) is 0 Å². The van der Waals surface area contributed by atoms with Gasteiger partial charge in [0.15, 0.2) is 0 Å². The number of aromatic nitrogens is 2. The van der Waals surface area contributed by atoms with Crippen molar-refractivity contribution in [1.82, 2.24) is 14.9 Å². The molecular weight excluding hydrogens is 356 g/mol. The number of nitrogens with one attached hydrogen (secondary N) is 2. The predicted octanol–water partition coefficient (Wildman–Crippen LogP) is 2.79. The van der Waals surface area contributed by atoms with Crippen LogP contribution in [0.4, 0.5) is 5.69 Å². The van der Waals surface area contributed by atoms with E-state index in [9.17, 15) is 9.59 Å². The summed E-state index contributed by atoms with van der Waals surface area (Å²) in [6, 6.07) is 5.81. The molecule has 0 bridgehead atoms. The number of fused-ring (bicyclic) bond motifs is 1. The van der Waals surface area contributed by atoms with Crippen molar-refractivity contribution in [3.05, 3.63) is 24.0 Å². The van der Waals surface area contributed by atoms with E-state index in [4.69, 9.17) is 9.72 Å². The van der Waals surface area contributed by atoms with Crippen LogP contribution in [0.15, 0.2) is 18.2 Å². The van der Waals surface area contributed by atoms with Gasteiger partial charge in [-0.25, -0.2) is 4.98 Å². The summed E-state index contributed by atoms with van der Waals surface area (Å²) in [5.74, 6) is 1.30. The zero-order valence-corrected chi connectivity index (χ0v) is 17.0. The van der Waals surface area contributed by atoms with Gasteiger partial charge in [-0.3, -0.25) is 9.59 Å². The monoisotopic (exact) mass is 386 g/mol. The molecule has 2 amide bonds. The molecule has 2 heterocycles. The first-order valence-electron chi connectivity index (χ1n) is 10.1. The Morgan fingerprint density at radius 1 is 1.36 bits per heavy atom. The normalized spacial score (nSPS) is 16.6. The second-order valence-electron chi connectivity index (χ2n) is 7.83. The average Bonchev–Trinajstić information content (AvgIpc) is 3.27. The number of amides is 2. The summed E-state index contributed by atoms with van der Waals surface area (Å²) in [5, 5.41) is 5.88. The molecule has 7 nitrogen and oxygen atoms in total. The minimum absolute atomic E-state index is 0.00992. The van der Waals surface area contributed by atoms with E-state index in [1.54, 1.807) is 0 Å². The van der Waals surface area contributed by atoms with Crippen LogP contribution in [-0.4, -0.2) is 40.6 Å². The zero-order chi connectivity index (χ0) is 20.1. The van der Waals surface area contributed by atoms with Crippen molar-refractivity contribution in [3.63, 3.8) is 0 Å². The van der Waals surface area contributed by atoms with Crippen molar-refractivity contribution < 1.29 is 14.3 Å². The van der Waals surface area contributed by atoms with Crippen LogP contribution in [-0.2, 0) is 27.8 Å². The number of hydrogen-bond donors (Lipinski definition) is 2. The van der Waals surface area contributed by atoms with Crippen molar-refractivity contribution in [3.8, 4) is 0 Å². The van der Waals surface area contributed by atoms with E-state index in [2.05, 4.69) is 15.2 Å². The van der Waals surface area contributed by atoms with Crippen molar-refractivity contribution in [1.29, 1.82) is 0 Å². The Morgan fingerprint density at radius 3 is 2.89 bits per heavy atom. The Kier molecular flexibility index (Phi) is 6.67. The number of benzene rings is 1. The van der Waals surface area contributed by atoms with E-state index in [-0.39, 0.29) is 17.9 Å². The highest BCUT2D eigenvalue weighted by molar-refractivity contribution is 5.93. The smallest absolute Gasteiger partial charge is 0.249 e. The minimum Gasteiger partial charge on any atom is -0.368 e. The lowest BCUT2D eigenvalue weighted by Gasteiger charge is -2.10. The summed E-state index contributed by atoms with van der Waals surface area (Å²) in [6.07, 6.45) is 3.58. The van der Waals surface area contributed by atoms with Crippen LogP contribution in [0.2, 0.25) is 0 Å². The first-order chi connectivity index (χ1) is 13.4. The summed E-state index contributed by atoms with van der Waals surface area (Å²) in [6.45, 7) is 5.34. The molecule has 1 aromatic carbocycles. The van der Waals surface area contributed by atoms with Crippen LogP contribution in [0, 0.1) is 5.92 Å². The third-order valence-corrected chi connectivity index (χ3v) is 4.95. The molecule has 7 heteroatoms. The molecule has 1 atom stereocenters. The number of rotatable bonds is 8. The summed E-state index contributed by atoms with van der Waals surface area (Å²) in [7, 11) is 1.99. The van der Waals surface area contributed by atoms with E-state index in [0.29, 0.717) is 25.5 Å². The maximum atomic E-state index is 12.0. The van der Waals surface area contributed by atoms with Crippen LogP contribution in [0.25, 0.3) is 11.0 Å². The number of nitrogens with zero attached hydrogens (tertiary/aromatic N) is 2. The van der Waals surface area contributed by atoms with Gasteiger partial charge in [0.2, 0.25) is 11.8 Å². The van der Waals surface area contributed by atoms with E-state index in [1.807, 2.05) is 39.1 Å². The number of ether oxygens (including phenoxy) is 1. The van der Waals surface area contributed by atoms with Gasteiger partial charge < -0.3 is 19.9 Å². The first-order valence-corrected chi connectivity index (χ1v) is 10.1. The molecule has 1 aliphatic rings. The van der Waals surface area contributed by atoms with Crippen molar-refractivity contribution >= 4 is 28.5 Å². The zero-order valence-electron chi connectivity index (χ0n) is 17.0. The van der Waals surface area contributed by atoms with Crippen molar-refractivity contribution in [2.45, 2.75) is 52.1 Å². The lowest BCUT2D eigenvalue weighted by molar-refractivity contribution is -0.130. The molecule has 1 aliphatic heterocycles. The summed E-state index contributed by atoms with van der Waals surface area (Å²) in [4.78, 5) is 28.7. The Hall–Kier alpha value is -2.41. The van der Waals surface area contributed by atoms with Crippen LogP contribution in [0.1, 0.15) is 45.4 Å². The van der Waals surface area contributed by atoms with Gasteiger partial charge in [0.25, 0.3) is 0 Å². The maximum absolute atomic E-state index is 12.0. The molecule has 2 aromatic rings. The van der Waals surface area contributed by atoms with Gasteiger partial charge in [-0.15, -0.1) is 0 Å². The fraction of sp³-hybridized carbons (Fsp3) is 0.571.